The first-order valence-electron chi connectivity index (χ1n) is 5.98. The summed E-state index contributed by atoms with van der Waals surface area (Å²) in [7, 11) is -2.40. The van der Waals surface area contributed by atoms with E-state index < -0.39 is 21.7 Å². The van der Waals surface area contributed by atoms with Gasteiger partial charge in [-0.1, -0.05) is 12.1 Å². The van der Waals surface area contributed by atoms with Crippen LogP contribution in [0.3, 0.4) is 0 Å². The van der Waals surface area contributed by atoms with E-state index >= 15 is 0 Å². The monoisotopic (exact) mass is 313 g/mol. The zero-order valence-electron chi connectivity index (χ0n) is 11.1. The van der Waals surface area contributed by atoms with Gasteiger partial charge in [-0.15, -0.1) is 0 Å². The number of anilines is 1. The predicted octanol–water partition coefficient (Wildman–Crippen LogP) is 2.92. The standard InChI is InChI=1S/C14H13F2NO3S/c1-20-14-7-6-12(8-13(14)16)17-21(18,19)9-10-2-4-11(15)5-3-10/h2-8,17H,9H2,1H3. The van der Waals surface area contributed by atoms with Crippen molar-refractivity contribution in [2.45, 2.75) is 5.75 Å². The van der Waals surface area contributed by atoms with Gasteiger partial charge in [0.05, 0.1) is 18.6 Å². The zero-order valence-corrected chi connectivity index (χ0v) is 12.0. The Bertz CT molecular complexity index is 730. The molecule has 0 aliphatic rings. The molecule has 4 nitrogen and oxygen atoms in total. The molecular formula is C14H13F2NO3S. The first kappa shape index (κ1) is 15.2. The highest BCUT2D eigenvalue weighted by atomic mass is 32.2. The zero-order chi connectivity index (χ0) is 15.5. The van der Waals surface area contributed by atoms with E-state index in [2.05, 4.69) is 4.72 Å². The maximum Gasteiger partial charge on any atom is 0.236 e. The molecule has 0 aromatic heterocycles. The minimum atomic E-state index is -3.72. The predicted molar refractivity (Wildman–Crippen MR) is 75.6 cm³/mol. The Morgan fingerprint density at radius 3 is 2.33 bits per heavy atom. The summed E-state index contributed by atoms with van der Waals surface area (Å²) in [5.41, 5.74) is 0.522. The highest BCUT2D eigenvalue weighted by Crippen LogP contribution is 2.22. The highest BCUT2D eigenvalue weighted by Gasteiger charge is 2.13. The van der Waals surface area contributed by atoms with E-state index in [0.717, 1.165) is 6.07 Å². The van der Waals surface area contributed by atoms with Crippen molar-refractivity contribution in [2.24, 2.45) is 0 Å². The molecule has 112 valence electrons. The molecule has 0 aliphatic carbocycles. The fraction of sp³-hybridized carbons (Fsp3) is 0.143. The first-order valence-corrected chi connectivity index (χ1v) is 7.63. The number of benzene rings is 2. The fourth-order valence-corrected chi connectivity index (χ4v) is 2.94. The summed E-state index contributed by atoms with van der Waals surface area (Å²) in [6.07, 6.45) is 0. The molecule has 0 bridgehead atoms. The molecule has 2 aromatic rings. The highest BCUT2D eigenvalue weighted by molar-refractivity contribution is 7.91. The van der Waals surface area contributed by atoms with E-state index in [4.69, 9.17) is 4.74 Å². The summed E-state index contributed by atoms with van der Waals surface area (Å²) >= 11 is 0. The summed E-state index contributed by atoms with van der Waals surface area (Å²) in [5, 5.41) is 0. The summed E-state index contributed by atoms with van der Waals surface area (Å²) < 4.78 is 57.2. The largest absolute Gasteiger partial charge is 0.494 e. The third-order valence-corrected chi connectivity index (χ3v) is 3.96. The number of sulfonamides is 1. The first-order chi connectivity index (χ1) is 9.89. The molecule has 0 heterocycles. The molecule has 0 saturated carbocycles. The molecule has 0 amide bonds. The van der Waals surface area contributed by atoms with Crippen molar-refractivity contribution >= 4 is 15.7 Å². The van der Waals surface area contributed by atoms with Crippen molar-refractivity contribution in [3.8, 4) is 5.75 Å². The van der Waals surface area contributed by atoms with Crippen LogP contribution in [0.25, 0.3) is 0 Å². The Balaban J connectivity index is 2.13. The lowest BCUT2D eigenvalue weighted by Crippen LogP contribution is -2.15. The quantitative estimate of drug-likeness (QED) is 0.923. The third-order valence-electron chi connectivity index (χ3n) is 2.70. The van der Waals surface area contributed by atoms with Crippen LogP contribution in [-0.2, 0) is 15.8 Å². The number of rotatable bonds is 5. The van der Waals surface area contributed by atoms with Gasteiger partial charge in [0, 0.05) is 6.07 Å². The Kier molecular flexibility index (Phi) is 4.42. The molecular weight excluding hydrogens is 300 g/mol. The molecule has 7 heteroatoms. The minimum Gasteiger partial charge on any atom is -0.494 e. The van der Waals surface area contributed by atoms with E-state index in [1.807, 2.05) is 0 Å². The minimum absolute atomic E-state index is 0.0245. The molecule has 1 N–H and O–H groups in total. The number of hydrogen-bond acceptors (Lipinski definition) is 3. The normalized spacial score (nSPS) is 11.2. The number of methoxy groups -OCH3 is 1. The third kappa shape index (κ3) is 4.16. The maximum absolute atomic E-state index is 13.5. The van der Waals surface area contributed by atoms with E-state index in [1.54, 1.807) is 0 Å². The Morgan fingerprint density at radius 1 is 1.10 bits per heavy atom. The smallest absolute Gasteiger partial charge is 0.236 e. The molecule has 0 spiro atoms. The van der Waals surface area contributed by atoms with Gasteiger partial charge < -0.3 is 4.74 Å². The Labute approximate surface area is 121 Å². The van der Waals surface area contributed by atoms with Crippen LogP contribution in [0.4, 0.5) is 14.5 Å². The molecule has 0 saturated heterocycles. The molecule has 0 atom stereocenters. The van der Waals surface area contributed by atoms with Crippen LogP contribution < -0.4 is 9.46 Å². The van der Waals surface area contributed by atoms with E-state index in [1.165, 1.54) is 43.5 Å². The van der Waals surface area contributed by atoms with Crippen LogP contribution in [-0.4, -0.2) is 15.5 Å². The molecule has 2 aromatic carbocycles. The van der Waals surface area contributed by atoms with E-state index in [9.17, 15) is 17.2 Å². The average molecular weight is 313 g/mol. The van der Waals surface area contributed by atoms with Crippen LogP contribution in [0.2, 0.25) is 0 Å². The number of nitrogens with one attached hydrogen (secondary N) is 1. The van der Waals surface area contributed by atoms with Gasteiger partial charge in [-0.2, -0.15) is 0 Å². The van der Waals surface area contributed by atoms with Gasteiger partial charge in [0.2, 0.25) is 10.0 Å². The lowest BCUT2D eigenvalue weighted by Gasteiger charge is -2.09. The molecule has 0 unspecified atom stereocenters. The van der Waals surface area contributed by atoms with Crippen molar-refractivity contribution in [3.63, 3.8) is 0 Å². The van der Waals surface area contributed by atoms with Crippen LogP contribution >= 0.6 is 0 Å². The van der Waals surface area contributed by atoms with Gasteiger partial charge in [0.25, 0.3) is 0 Å². The molecule has 2 rings (SSSR count). The number of hydrogen-bond donors (Lipinski definition) is 1. The summed E-state index contributed by atoms with van der Waals surface area (Å²) in [6.45, 7) is 0. The summed E-state index contributed by atoms with van der Waals surface area (Å²) in [5.74, 6) is -1.42. The number of ether oxygens (including phenoxy) is 1. The Hall–Kier alpha value is -2.15. The molecule has 0 aliphatic heterocycles. The number of halogens is 2. The average Bonchev–Trinajstić information content (AvgIpc) is 2.41. The van der Waals surface area contributed by atoms with Crippen molar-refractivity contribution in [1.82, 2.24) is 0 Å². The van der Waals surface area contributed by atoms with Gasteiger partial charge in [-0.05, 0) is 29.8 Å². The second-order valence-corrected chi connectivity index (χ2v) is 6.06. The molecule has 21 heavy (non-hydrogen) atoms. The maximum atomic E-state index is 13.5. The van der Waals surface area contributed by atoms with Crippen LogP contribution in [0, 0.1) is 11.6 Å². The summed E-state index contributed by atoms with van der Waals surface area (Å²) in [4.78, 5) is 0. The topological polar surface area (TPSA) is 55.4 Å². The Morgan fingerprint density at radius 2 is 1.76 bits per heavy atom. The SMILES string of the molecule is COc1ccc(NS(=O)(=O)Cc2ccc(F)cc2)cc1F. The van der Waals surface area contributed by atoms with Crippen LogP contribution in [0.5, 0.6) is 5.75 Å². The molecule has 0 radical (unpaired) electrons. The van der Waals surface area contributed by atoms with Crippen molar-refractivity contribution in [2.75, 3.05) is 11.8 Å². The fourth-order valence-electron chi connectivity index (χ4n) is 1.75. The second kappa shape index (κ2) is 6.09. The van der Waals surface area contributed by atoms with Crippen molar-refractivity contribution < 1.29 is 21.9 Å². The van der Waals surface area contributed by atoms with E-state index in [-0.39, 0.29) is 17.2 Å². The lowest BCUT2D eigenvalue weighted by molar-refractivity contribution is 0.386. The summed E-state index contributed by atoms with van der Waals surface area (Å²) in [6, 6.07) is 8.86. The van der Waals surface area contributed by atoms with Crippen molar-refractivity contribution in [1.29, 1.82) is 0 Å². The molecule has 0 fully saturated rings. The van der Waals surface area contributed by atoms with Gasteiger partial charge in [-0.25, -0.2) is 17.2 Å². The van der Waals surface area contributed by atoms with Crippen molar-refractivity contribution in [3.05, 3.63) is 59.7 Å². The van der Waals surface area contributed by atoms with Gasteiger partial charge in [0.15, 0.2) is 11.6 Å². The van der Waals surface area contributed by atoms with Gasteiger partial charge in [0.1, 0.15) is 5.82 Å². The van der Waals surface area contributed by atoms with Crippen LogP contribution in [0.1, 0.15) is 5.56 Å². The second-order valence-electron chi connectivity index (χ2n) is 4.34. The van der Waals surface area contributed by atoms with E-state index in [0.29, 0.717) is 5.56 Å². The van der Waals surface area contributed by atoms with Gasteiger partial charge >= 0.3 is 0 Å². The van der Waals surface area contributed by atoms with Crippen LogP contribution in [0.15, 0.2) is 42.5 Å². The van der Waals surface area contributed by atoms with Gasteiger partial charge in [-0.3, -0.25) is 4.72 Å². The lowest BCUT2D eigenvalue weighted by atomic mass is 10.2.